The molecular formula is C15H24N2O3. The lowest BCUT2D eigenvalue weighted by molar-refractivity contribution is -0.133. The zero-order valence-electron chi connectivity index (χ0n) is 12.4. The van der Waals surface area contributed by atoms with Crippen LogP contribution >= 0.6 is 0 Å². The molecule has 0 bridgehead atoms. The van der Waals surface area contributed by atoms with Crippen molar-refractivity contribution in [3.8, 4) is 0 Å². The van der Waals surface area contributed by atoms with Crippen LogP contribution < -0.4 is 10.6 Å². The Morgan fingerprint density at radius 3 is 2.45 bits per heavy atom. The van der Waals surface area contributed by atoms with Gasteiger partial charge >= 0.3 is 0 Å². The van der Waals surface area contributed by atoms with E-state index >= 15 is 0 Å². The Bertz CT molecular complexity index is 404. The van der Waals surface area contributed by atoms with Gasteiger partial charge in [0.05, 0.1) is 0 Å². The van der Waals surface area contributed by atoms with Gasteiger partial charge < -0.3 is 20.1 Å². The molecule has 5 nitrogen and oxygen atoms in total. The maximum Gasteiger partial charge on any atom is 0.221 e. The zero-order chi connectivity index (χ0) is 14.8. The zero-order valence-corrected chi connectivity index (χ0v) is 12.4. The third kappa shape index (κ3) is 6.14. The van der Waals surface area contributed by atoms with Crippen LogP contribution in [0.25, 0.3) is 0 Å². The van der Waals surface area contributed by atoms with E-state index in [1.54, 1.807) is 0 Å². The highest BCUT2D eigenvalue weighted by Crippen LogP contribution is 2.14. The van der Waals surface area contributed by atoms with E-state index in [1.165, 1.54) is 6.92 Å². The van der Waals surface area contributed by atoms with Gasteiger partial charge in [-0.2, -0.15) is 0 Å². The average Bonchev–Trinajstić information content (AvgIpc) is 2.40. The van der Waals surface area contributed by atoms with Crippen LogP contribution in [0.2, 0.25) is 0 Å². The fraction of sp³-hybridized carbons (Fsp3) is 0.533. The Morgan fingerprint density at radius 1 is 1.20 bits per heavy atom. The van der Waals surface area contributed by atoms with Crippen LogP contribution in [0.1, 0.15) is 26.3 Å². The van der Waals surface area contributed by atoms with Crippen LogP contribution in [0, 0.1) is 0 Å². The molecule has 1 aromatic rings. The van der Waals surface area contributed by atoms with Crippen LogP contribution in [-0.2, 0) is 20.8 Å². The molecule has 1 aromatic carbocycles. The molecule has 0 aliphatic carbocycles. The summed E-state index contributed by atoms with van der Waals surface area (Å²) in [5.41, 5.74) is 1.87. The van der Waals surface area contributed by atoms with Crippen LogP contribution in [-0.4, -0.2) is 32.0 Å². The smallest absolute Gasteiger partial charge is 0.221 e. The Balaban J connectivity index is 2.50. The minimum atomic E-state index is -0.238. The van der Waals surface area contributed by atoms with Gasteiger partial charge in [0.15, 0.2) is 6.29 Å². The molecule has 0 aromatic heterocycles. The average molecular weight is 280 g/mol. The second-order valence-electron chi connectivity index (χ2n) is 4.31. The first-order valence-electron chi connectivity index (χ1n) is 6.96. The van der Waals surface area contributed by atoms with Gasteiger partial charge in [0, 0.05) is 38.9 Å². The lowest BCUT2D eigenvalue weighted by atomic mass is 10.1. The summed E-state index contributed by atoms with van der Waals surface area (Å²) in [5.74, 6) is -0.0704. The summed E-state index contributed by atoms with van der Waals surface area (Å²) in [7, 11) is 0. The quantitative estimate of drug-likeness (QED) is 0.680. The first kappa shape index (κ1) is 16.6. The first-order valence-corrected chi connectivity index (χ1v) is 6.96. The number of rotatable bonds is 9. The van der Waals surface area contributed by atoms with Crippen LogP contribution in [0.4, 0.5) is 5.69 Å². The summed E-state index contributed by atoms with van der Waals surface area (Å²) < 4.78 is 10.9. The second-order valence-corrected chi connectivity index (χ2v) is 4.31. The summed E-state index contributed by atoms with van der Waals surface area (Å²) in [6, 6.07) is 7.72. The molecule has 2 N–H and O–H groups in total. The lowest BCUT2D eigenvalue weighted by Crippen LogP contribution is -2.31. The van der Waals surface area contributed by atoms with E-state index in [0.29, 0.717) is 26.3 Å². The third-order valence-electron chi connectivity index (χ3n) is 2.66. The molecule has 0 aliphatic heterocycles. The van der Waals surface area contributed by atoms with E-state index < -0.39 is 0 Å². The Kier molecular flexibility index (Phi) is 7.87. The van der Waals surface area contributed by atoms with Crippen molar-refractivity contribution in [2.45, 2.75) is 33.6 Å². The molecule has 0 saturated carbocycles. The highest BCUT2D eigenvalue weighted by atomic mass is 16.7. The summed E-state index contributed by atoms with van der Waals surface area (Å²) in [6.07, 6.45) is -0.238. The predicted octanol–water partition coefficient (Wildman–Crippen LogP) is 2.13. The van der Waals surface area contributed by atoms with Gasteiger partial charge in [0.1, 0.15) is 0 Å². The number of ether oxygens (including phenoxy) is 2. The van der Waals surface area contributed by atoms with Crippen molar-refractivity contribution in [2.24, 2.45) is 0 Å². The standard InChI is InChI=1S/C15H24N2O3/c1-4-19-15(20-5-2)11-16-10-13-8-6-7-9-14(13)17-12(3)18/h6-9,15-16H,4-5,10-11H2,1-3H3,(H,17,18). The SMILES string of the molecule is CCOC(CNCc1ccccc1NC(C)=O)OCC. The molecule has 0 atom stereocenters. The monoisotopic (exact) mass is 280 g/mol. The van der Waals surface area contributed by atoms with Crippen molar-refractivity contribution in [3.05, 3.63) is 29.8 Å². The molecular weight excluding hydrogens is 256 g/mol. The Hall–Kier alpha value is -1.43. The topological polar surface area (TPSA) is 59.6 Å². The van der Waals surface area contributed by atoms with Crippen molar-refractivity contribution < 1.29 is 14.3 Å². The number of carbonyl (C=O) groups excluding carboxylic acids is 1. The van der Waals surface area contributed by atoms with E-state index in [4.69, 9.17) is 9.47 Å². The normalized spacial score (nSPS) is 10.8. The van der Waals surface area contributed by atoms with E-state index in [-0.39, 0.29) is 12.2 Å². The van der Waals surface area contributed by atoms with Gasteiger partial charge in [-0.05, 0) is 25.5 Å². The van der Waals surface area contributed by atoms with E-state index in [1.807, 2.05) is 38.1 Å². The molecule has 0 fully saturated rings. The number of hydrogen-bond acceptors (Lipinski definition) is 4. The molecule has 5 heteroatoms. The van der Waals surface area contributed by atoms with Gasteiger partial charge in [0.25, 0.3) is 0 Å². The molecule has 112 valence electrons. The summed E-state index contributed by atoms with van der Waals surface area (Å²) in [5, 5.41) is 6.10. The van der Waals surface area contributed by atoms with Gasteiger partial charge in [-0.1, -0.05) is 18.2 Å². The van der Waals surface area contributed by atoms with Crippen LogP contribution in [0.15, 0.2) is 24.3 Å². The Labute approximate surface area is 120 Å². The lowest BCUT2D eigenvalue weighted by Gasteiger charge is -2.18. The fourth-order valence-corrected chi connectivity index (χ4v) is 1.85. The highest BCUT2D eigenvalue weighted by Gasteiger charge is 2.08. The van der Waals surface area contributed by atoms with Gasteiger partial charge in [-0.15, -0.1) is 0 Å². The number of benzene rings is 1. The molecule has 0 heterocycles. The molecule has 20 heavy (non-hydrogen) atoms. The largest absolute Gasteiger partial charge is 0.352 e. The molecule has 0 radical (unpaired) electrons. The summed E-state index contributed by atoms with van der Waals surface area (Å²) in [4.78, 5) is 11.1. The molecule has 1 amide bonds. The number of carbonyl (C=O) groups is 1. The van der Waals surface area contributed by atoms with E-state index in [9.17, 15) is 4.79 Å². The molecule has 0 spiro atoms. The van der Waals surface area contributed by atoms with Crippen molar-refractivity contribution in [2.75, 3.05) is 25.1 Å². The number of amides is 1. The third-order valence-corrected chi connectivity index (χ3v) is 2.66. The Morgan fingerprint density at radius 2 is 1.85 bits per heavy atom. The van der Waals surface area contributed by atoms with Crippen molar-refractivity contribution >= 4 is 11.6 Å². The van der Waals surface area contributed by atoms with Gasteiger partial charge in [0.2, 0.25) is 5.91 Å². The van der Waals surface area contributed by atoms with Crippen molar-refractivity contribution in [1.29, 1.82) is 0 Å². The number of hydrogen-bond donors (Lipinski definition) is 2. The fourth-order valence-electron chi connectivity index (χ4n) is 1.85. The van der Waals surface area contributed by atoms with Crippen molar-refractivity contribution in [1.82, 2.24) is 5.32 Å². The maximum absolute atomic E-state index is 11.1. The number of nitrogens with one attached hydrogen (secondary N) is 2. The number of para-hydroxylation sites is 1. The van der Waals surface area contributed by atoms with E-state index in [2.05, 4.69) is 10.6 Å². The predicted molar refractivity (Wildman–Crippen MR) is 79.5 cm³/mol. The molecule has 1 rings (SSSR count). The van der Waals surface area contributed by atoms with E-state index in [0.717, 1.165) is 11.3 Å². The maximum atomic E-state index is 11.1. The minimum absolute atomic E-state index is 0.0704. The van der Waals surface area contributed by atoms with Gasteiger partial charge in [-0.3, -0.25) is 4.79 Å². The van der Waals surface area contributed by atoms with Crippen LogP contribution in [0.5, 0.6) is 0 Å². The summed E-state index contributed by atoms with van der Waals surface area (Å²) in [6.45, 7) is 7.88. The molecule has 0 saturated heterocycles. The van der Waals surface area contributed by atoms with Crippen molar-refractivity contribution in [3.63, 3.8) is 0 Å². The second kappa shape index (κ2) is 9.47. The highest BCUT2D eigenvalue weighted by molar-refractivity contribution is 5.89. The molecule has 0 unspecified atom stereocenters. The minimum Gasteiger partial charge on any atom is -0.352 e. The van der Waals surface area contributed by atoms with Gasteiger partial charge in [-0.25, -0.2) is 0 Å². The molecule has 0 aliphatic rings. The number of anilines is 1. The van der Waals surface area contributed by atoms with Crippen LogP contribution in [0.3, 0.4) is 0 Å². The first-order chi connectivity index (χ1) is 9.67. The summed E-state index contributed by atoms with van der Waals surface area (Å²) >= 11 is 0.